The van der Waals surface area contributed by atoms with E-state index in [1.54, 1.807) is 12.1 Å². The van der Waals surface area contributed by atoms with Gasteiger partial charge in [-0.2, -0.15) is 0 Å². The molecule has 6 nitrogen and oxygen atoms in total. The van der Waals surface area contributed by atoms with Gasteiger partial charge in [0.05, 0.1) is 7.11 Å². The number of hydrogen-bond acceptors (Lipinski definition) is 5. The third-order valence-electron chi connectivity index (χ3n) is 3.35. The molecule has 0 aliphatic rings. The molecule has 7 heteroatoms. The highest BCUT2D eigenvalue weighted by Gasteiger charge is 2.16. The third kappa shape index (κ3) is 3.11. The van der Waals surface area contributed by atoms with Crippen molar-refractivity contribution < 1.29 is 19.1 Å². The highest BCUT2D eigenvalue weighted by Crippen LogP contribution is 2.29. The number of amides is 1. The van der Waals surface area contributed by atoms with Crippen LogP contribution in [-0.2, 0) is 0 Å². The number of nitrogens with one attached hydrogen (secondary N) is 1. The van der Waals surface area contributed by atoms with Crippen LogP contribution in [-0.4, -0.2) is 18.1 Å². The lowest BCUT2D eigenvalue weighted by atomic mass is 10.1. The molecule has 122 valence electrons. The predicted octanol–water partition coefficient (Wildman–Crippen LogP) is 3.52. The van der Waals surface area contributed by atoms with Crippen LogP contribution >= 0.6 is 15.9 Å². The minimum absolute atomic E-state index is 0.0789. The van der Waals surface area contributed by atoms with Crippen LogP contribution in [0, 0.1) is 0 Å². The van der Waals surface area contributed by atoms with Crippen molar-refractivity contribution in [3.8, 4) is 11.5 Å². The zero-order valence-corrected chi connectivity index (χ0v) is 14.1. The summed E-state index contributed by atoms with van der Waals surface area (Å²) in [6.45, 7) is 0. The van der Waals surface area contributed by atoms with Gasteiger partial charge in [0, 0.05) is 15.5 Å². The van der Waals surface area contributed by atoms with E-state index < -0.39 is 11.5 Å². The number of halogens is 1. The van der Waals surface area contributed by atoms with E-state index >= 15 is 0 Å². The van der Waals surface area contributed by atoms with Gasteiger partial charge in [0.1, 0.15) is 11.3 Å². The Morgan fingerprint density at radius 2 is 1.92 bits per heavy atom. The van der Waals surface area contributed by atoms with E-state index in [9.17, 15) is 14.7 Å². The molecule has 1 amide bonds. The maximum absolute atomic E-state index is 12.3. The average molecular weight is 390 g/mol. The van der Waals surface area contributed by atoms with Gasteiger partial charge < -0.3 is 19.6 Å². The number of phenolic OH excluding ortho intramolecular Hbond substituents is 1. The van der Waals surface area contributed by atoms with Gasteiger partial charge in [-0.25, -0.2) is 4.79 Å². The van der Waals surface area contributed by atoms with E-state index in [-0.39, 0.29) is 16.9 Å². The zero-order chi connectivity index (χ0) is 17.3. The van der Waals surface area contributed by atoms with Crippen molar-refractivity contribution in [3.05, 3.63) is 62.9 Å². The Bertz CT molecular complexity index is 979. The maximum atomic E-state index is 12.3. The summed E-state index contributed by atoms with van der Waals surface area (Å²) in [6.07, 6.45) is 0. The van der Waals surface area contributed by atoms with Crippen LogP contribution in [0.3, 0.4) is 0 Å². The second-order valence-electron chi connectivity index (χ2n) is 4.97. The van der Waals surface area contributed by atoms with E-state index in [1.165, 1.54) is 37.4 Å². The van der Waals surface area contributed by atoms with Crippen molar-refractivity contribution >= 4 is 38.5 Å². The molecular formula is C17H12BrNO5. The summed E-state index contributed by atoms with van der Waals surface area (Å²) >= 11 is 3.34. The number of carbonyl (C=O) groups is 1. The molecule has 0 spiro atoms. The highest BCUT2D eigenvalue weighted by molar-refractivity contribution is 9.10. The van der Waals surface area contributed by atoms with Crippen LogP contribution in [0.4, 0.5) is 5.69 Å². The lowest BCUT2D eigenvalue weighted by Gasteiger charge is -2.08. The first-order valence-corrected chi connectivity index (χ1v) is 7.69. The lowest BCUT2D eigenvalue weighted by Crippen LogP contribution is -2.20. The SMILES string of the molecule is COc1cc(Br)cc2cc(C(=O)Nc3ccc(O)cc3)c(=O)oc12. The monoisotopic (exact) mass is 389 g/mol. The Morgan fingerprint density at radius 1 is 1.21 bits per heavy atom. The van der Waals surface area contributed by atoms with Gasteiger partial charge in [0.15, 0.2) is 11.3 Å². The number of rotatable bonds is 3. The highest BCUT2D eigenvalue weighted by atomic mass is 79.9. The fraction of sp³-hybridized carbons (Fsp3) is 0.0588. The molecular weight excluding hydrogens is 378 g/mol. The van der Waals surface area contributed by atoms with Gasteiger partial charge in [-0.05, 0) is 42.5 Å². The molecule has 2 aromatic carbocycles. The quantitative estimate of drug-likeness (QED) is 0.528. The first-order valence-electron chi connectivity index (χ1n) is 6.89. The molecule has 0 aliphatic heterocycles. The molecule has 2 N–H and O–H groups in total. The molecule has 0 bridgehead atoms. The number of phenols is 1. The smallest absolute Gasteiger partial charge is 0.349 e. The largest absolute Gasteiger partial charge is 0.508 e. The van der Waals surface area contributed by atoms with Crippen molar-refractivity contribution in [1.29, 1.82) is 0 Å². The Kier molecular flexibility index (Phi) is 4.26. The Labute approximate surface area is 144 Å². The van der Waals surface area contributed by atoms with Gasteiger partial charge in [0.25, 0.3) is 5.91 Å². The number of aromatic hydroxyl groups is 1. The van der Waals surface area contributed by atoms with Crippen molar-refractivity contribution in [2.45, 2.75) is 0 Å². The van der Waals surface area contributed by atoms with Crippen LogP contribution in [0.1, 0.15) is 10.4 Å². The second kappa shape index (κ2) is 6.37. The Hall–Kier alpha value is -2.80. The maximum Gasteiger partial charge on any atom is 0.349 e. The van der Waals surface area contributed by atoms with Gasteiger partial charge in [-0.15, -0.1) is 0 Å². The molecule has 0 unspecified atom stereocenters. The summed E-state index contributed by atoms with van der Waals surface area (Å²) in [7, 11) is 1.46. The van der Waals surface area contributed by atoms with Crippen LogP contribution in [0.2, 0.25) is 0 Å². The number of anilines is 1. The molecule has 24 heavy (non-hydrogen) atoms. The molecule has 0 saturated carbocycles. The molecule has 0 fully saturated rings. The molecule has 3 rings (SSSR count). The normalized spacial score (nSPS) is 10.6. The first-order chi connectivity index (χ1) is 11.5. The molecule has 1 aromatic heterocycles. The van der Waals surface area contributed by atoms with Crippen molar-refractivity contribution in [1.82, 2.24) is 0 Å². The molecule has 0 saturated heterocycles. The fourth-order valence-electron chi connectivity index (χ4n) is 2.22. The number of hydrogen-bond donors (Lipinski definition) is 2. The van der Waals surface area contributed by atoms with Crippen LogP contribution in [0.25, 0.3) is 11.0 Å². The van der Waals surface area contributed by atoms with Gasteiger partial charge in [-0.3, -0.25) is 4.79 Å². The predicted molar refractivity (Wildman–Crippen MR) is 92.8 cm³/mol. The van der Waals surface area contributed by atoms with E-state index in [2.05, 4.69) is 21.2 Å². The van der Waals surface area contributed by atoms with Crippen LogP contribution in [0.5, 0.6) is 11.5 Å². The number of benzene rings is 2. The molecule has 1 heterocycles. The molecule has 3 aromatic rings. The minimum Gasteiger partial charge on any atom is -0.508 e. The number of methoxy groups -OCH3 is 1. The molecule has 0 atom stereocenters. The summed E-state index contributed by atoms with van der Waals surface area (Å²) in [5.74, 6) is -0.132. The Morgan fingerprint density at radius 3 is 2.58 bits per heavy atom. The van der Waals surface area contributed by atoms with Gasteiger partial charge in [-0.1, -0.05) is 15.9 Å². The summed E-state index contributed by atoms with van der Waals surface area (Å²) in [4.78, 5) is 24.5. The summed E-state index contributed by atoms with van der Waals surface area (Å²) < 4.78 is 11.2. The van der Waals surface area contributed by atoms with Crippen LogP contribution < -0.4 is 15.7 Å². The van der Waals surface area contributed by atoms with E-state index in [1.807, 2.05) is 0 Å². The fourth-order valence-corrected chi connectivity index (χ4v) is 2.67. The number of fused-ring (bicyclic) bond motifs is 1. The summed E-state index contributed by atoms with van der Waals surface area (Å²) in [5, 5.41) is 12.4. The number of carbonyl (C=O) groups excluding carboxylic acids is 1. The summed E-state index contributed by atoms with van der Waals surface area (Å²) in [5.41, 5.74) is -0.175. The third-order valence-corrected chi connectivity index (χ3v) is 3.81. The second-order valence-corrected chi connectivity index (χ2v) is 5.89. The van der Waals surface area contributed by atoms with E-state index in [0.717, 1.165) is 4.47 Å². The van der Waals surface area contributed by atoms with Crippen LogP contribution in [0.15, 0.2) is 56.1 Å². The van der Waals surface area contributed by atoms with Crippen molar-refractivity contribution in [2.24, 2.45) is 0 Å². The molecule has 0 radical (unpaired) electrons. The first kappa shape index (κ1) is 16.1. The van der Waals surface area contributed by atoms with E-state index in [0.29, 0.717) is 16.8 Å². The summed E-state index contributed by atoms with van der Waals surface area (Å²) in [6, 6.07) is 10.7. The lowest BCUT2D eigenvalue weighted by molar-refractivity contribution is 0.102. The topological polar surface area (TPSA) is 88.8 Å². The van der Waals surface area contributed by atoms with Gasteiger partial charge >= 0.3 is 5.63 Å². The standard InChI is InChI=1S/C17H12BrNO5/c1-23-14-8-10(18)6-9-7-13(17(22)24-15(9)14)16(21)19-11-2-4-12(20)5-3-11/h2-8,20H,1H3,(H,19,21). The van der Waals surface area contributed by atoms with Crippen molar-refractivity contribution in [3.63, 3.8) is 0 Å². The number of ether oxygens (including phenoxy) is 1. The zero-order valence-electron chi connectivity index (χ0n) is 12.5. The van der Waals surface area contributed by atoms with Crippen molar-refractivity contribution in [2.75, 3.05) is 12.4 Å². The Balaban J connectivity index is 2.02. The minimum atomic E-state index is -0.764. The van der Waals surface area contributed by atoms with Gasteiger partial charge in [0.2, 0.25) is 0 Å². The average Bonchev–Trinajstić information content (AvgIpc) is 2.56. The molecule has 0 aliphatic carbocycles. The van der Waals surface area contributed by atoms with E-state index in [4.69, 9.17) is 9.15 Å².